The van der Waals surface area contributed by atoms with Crippen LogP contribution in [-0.2, 0) is 4.79 Å². The third-order valence-corrected chi connectivity index (χ3v) is 4.74. The fourth-order valence-corrected chi connectivity index (χ4v) is 3.46. The number of anilines is 1. The third-order valence-electron chi connectivity index (χ3n) is 3.83. The predicted molar refractivity (Wildman–Crippen MR) is 104 cm³/mol. The maximum absolute atomic E-state index is 12.8. The fourth-order valence-electron chi connectivity index (χ4n) is 2.71. The minimum Gasteiger partial charge on any atom is -0.309 e. The highest BCUT2D eigenvalue weighted by Crippen LogP contribution is 2.22. The van der Waals surface area contributed by atoms with Gasteiger partial charge in [0.05, 0.1) is 11.4 Å². The van der Waals surface area contributed by atoms with E-state index in [0.717, 1.165) is 16.9 Å². The van der Waals surface area contributed by atoms with Crippen LogP contribution in [0, 0.1) is 6.92 Å². The molecule has 0 bridgehead atoms. The molecule has 0 spiro atoms. The molecule has 0 saturated heterocycles. The number of aryl methyl sites for hydroxylation is 1. The monoisotopic (exact) mass is 367 g/mol. The summed E-state index contributed by atoms with van der Waals surface area (Å²) in [6, 6.07) is 17.7. The van der Waals surface area contributed by atoms with Crippen LogP contribution in [0.2, 0.25) is 0 Å². The molecule has 26 heavy (non-hydrogen) atoms. The first-order valence-corrected chi connectivity index (χ1v) is 9.40. The number of nitrogens with zero attached hydrogens (tertiary/aromatic N) is 5. The number of rotatable bonds is 6. The Kier molecular flexibility index (Phi) is 5.68. The standard InChI is InChI=1S/C19H21N5OS/c1-14(2)23(16-9-5-4-6-10-16)18(25)13-26-19-20-21-22-24(19)17-11-7-8-15(3)12-17/h4-12,14H,13H2,1-3H3. The molecule has 0 atom stereocenters. The number of hydrogen-bond acceptors (Lipinski definition) is 5. The number of amides is 1. The van der Waals surface area contributed by atoms with Crippen molar-refractivity contribution in [2.45, 2.75) is 32.0 Å². The van der Waals surface area contributed by atoms with E-state index in [-0.39, 0.29) is 17.7 Å². The van der Waals surface area contributed by atoms with Gasteiger partial charge in [-0.3, -0.25) is 4.79 Å². The Hall–Kier alpha value is -2.67. The summed E-state index contributed by atoms with van der Waals surface area (Å²) in [6.07, 6.45) is 0. The van der Waals surface area contributed by atoms with Crippen molar-refractivity contribution in [1.29, 1.82) is 0 Å². The van der Waals surface area contributed by atoms with Gasteiger partial charge in [0.2, 0.25) is 11.1 Å². The second-order valence-electron chi connectivity index (χ2n) is 6.19. The molecule has 0 saturated carbocycles. The summed E-state index contributed by atoms with van der Waals surface area (Å²) in [5.74, 6) is 0.286. The van der Waals surface area contributed by atoms with Crippen LogP contribution < -0.4 is 4.90 Å². The number of aromatic nitrogens is 4. The molecule has 1 amide bonds. The van der Waals surface area contributed by atoms with Gasteiger partial charge < -0.3 is 4.90 Å². The molecule has 134 valence electrons. The molecule has 0 aliphatic heterocycles. The van der Waals surface area contributed by atoms with Crippen molar-refractivity contribution in [3.05, 3.63) is 60.2 Å². The minimum atomic E-state index is 0.0231. The highest BCUT2D eigenvalue weighted by Gasteiger charge is 2.20. The first kappa shape index (κ1) is 18.1. The van der Waals surface area contributed by atoms with E-state index in [1.54, 1.807) is 9.58 Å². The van der Waals surface area contributed by atoms with E-state index >= 15 is 0 Å². The summed E-state index contributed by atoms with van der Waals surface area (Å²) in [5.41, 5.74) is 2.90. The van der Waals surface area contributed by atoms with E-state index in [1.165, 1.54) is 11.8 Å². The van der Waals surface area contributed by atoms with Gasteiger partial charge in [-0.15, -0.1) is 5.10 Å². The molecule has 0 fully saturated rings. The SMILES string of the molecule is Cc1cccc(-n2nnnc2SCC(=O)N(c2ccccc2)C(C)C)c1. The number of carbonyl (C=O) groups is 1. The summed E-state index contributed by atoms with van der Waals surface area (Å²) in [5, 5.41) is 12.5. The Morgan fingerprint density at radius 1 is 1.15 bits per heavy atom. The Labute approximate surface area is 157 Å². The van der Waals surface area contributed by atoms with E-state index in [9.17, 15) is 4.79 Å². The Balaban J connectivity index is 1.75. The molecule has 6 nitrogen and oxygen atoms in total. The van der Waals surface area contributed by atoms with Crippen LogP contribution in [0.5, 0.6) is 0 Å². The maximum atomic E-state index is 12.8. The second-order valence-corrected chi connectivity index (χ2v) is 7.14. The van der Waals surface area contributed by atoms with Gasteiger partial charge in [-0.05, 0) is 61.0 Å². The third kappa shape index (κ3) is 4.11. The van der Waals surface area contributed by atoms with E-state index in [2.05, 4.69) is 15.5 Å². The molecular formula is C19H21N5OS. The molecule has 3 aromatic rings. The number of thioether (sulfide) groups is 1. The van der Waals surface area contributed by atoms with E-state index in [0.29, 0.717) is 5.16 Å². The van der Waals surface area contributed by atoms with Gasteiger partial charge >= 0.3 is 0 Å². The highest BCUT2D eigenvalue weighted by molar-refractivity contribution is 7.99. The van der Waals surface area contributed by atoms with Crippen molar-refractivity contribution in [3.8, 4) is 5.69 Å². The number of benzene rings is 2. The van der Waals surface area contributed by atoms with Crippen LogP contribution in [0.1, 0.15) is 19.4 Å². The van der Waals surface area contributed by atoms with Gasteiger partial charge in [0.15, 0.2) is 0 Å². The molecular weight excluding hydrogens is 346 g/mol. The molecule has 0 aliphatic carbocycles. The summed E-state index contributed by atoms with van der Waals surface area (Å²) >= 11 is 1.34. The van der Waals surface area contributed by atoms with Crippen molar-refractivity contribution in [2.24, 2.45) is 0 Å². The van der Waals surface area contributed by atoms with Crippen LogP contribution in [0.15, 0.2) is 59.8 Å². The average Bonchev–Trinajstić information content (AvgIpc) is 3.09. The van der Waals surface area contributed by atoms with Crippen molar-refractivity contribution >= 4 is 23.4 Å². The summed E-state index contributed by atoms with van der Waals surface area (Å²) in [6.45, 7) is 6.03. The minimum absolute atomic E-state index is 0.0231. The highest BCUT2D eigenvalue weighted by atomic mass is 32.2. The summed E-state index contributed by atoms with van der Waals surface area (Å²) in [4.78, 5) is 14.6. The lowest BCUT2D eigenvalue weighted by atomic mass is 10.2. The molecule has 1 aromatic heterocycles. The quantitative estimate of drug-likeness (QED) is 0.624. The Morgan fingerprint density at radius 2 is 1.92 bits per heavy atom. The lowest BCUT2D eigenvalue weighted by Gasteiger charge is -2.26. The van der Waals surface area contributed by atoms with E-state index < -0.39 is 0 Å². The van der Waals surface area contributed by atoms with Crippen molar-refractivity contribution in [2.75, 3.05) is 10.7 Å². The van der Waals surface area contributed by atoms with Crippen molar-refractivity contribution in [1.82, 2.24) is 20.2 Å². The van der Waals surface area contributed by atoms with Gasteiger partial charge in [-0.25, -0.2) is 0 Å². The van der Waals surface area contributed by atoms with Crippen LogP contribution >= 0.6 is 11.8 Å². The lowest BCUT2D eigenvalue weighted by molar-refractivity contribution is -0.116. The zero-order valence-corrected chi connectivity index (χ0v) is 15.8. The second kappa shape index (κ2) is 8.14. The molecule has 0 aliphatic rings. The largest absolute Gasteiger partial charge is 0.309 e. The van der Waals surface area contributed by atoms with E-state index in [1.807, 2.05) is 75.4 Å². The van der Waals surface area contributed by atoms with Gasteiger partial charge in [-0.1, -0.05) is 42.1 Å². The van der Waals surface area contributed by atoms with Crippen LogP contribution in [0.25, 0.3) is 5.69 Å². The zero-order chi connectivity index (χ0) is 18.5. The zero-order valence-electron chi connectivity index (χ0n) is 15.0. The smallest absolute Gasteiger partial charge is 0.237 e. The van der Waals surface area contributed by atoms with Crippen LogP contribution in [-0.4, -0.2) is 37.9 Å². The first-order chi connectivity index (χ1) is 12.6. The fraction of sp³-hybridized carbons (Fsp3) is 0.263. The molecule has 7 heteroatoms. The normalized spacial score (nSPS) is 10.9. The lowest BCUT2D eigenvalue weighted by Crippen LogP contribution is -2.38. The summed E-state index contributed by atoms with van der Waals surface area (Å²) in [7, 11) is 0. The van der Waals surface area contributed by atoms with Gasteiger partial charge in [0.1, 0.15) is 0 Å². The average molecular weight is 367 g/mol. The van der Waals surface area contributed by atoms with Gasteiger partial charge in [-0.2, -0.15) is 4.68 Å². The molecule has 1 heterocycles. The van der Waals surface area contributed by atoms with Gasteiger partial charge in [0, 0.05) is 11.7 Å². The first-order valence-electron chi connectivity index (χ1n) is 8.41. The van der Waals surface area contributed by atoms with Crippen LogP contribution in [0.4, 0.5) is 5.69 Å². The number of tetrazole rings is 1. The van der Waals surface area contributed by atoms with Crippen molar-refractivity contribution < 1.29 is 4.79 Å². The molecule has 3 rings (SSSR count). The number of para-hydroxylation sites is 1. The topological polar surface area (TPSA) is 63.9 Å². The molecule has 0 radical (unpaired) electrons. The molecule has 0 unspecified atom stereocenters. The Morgan fingerprint density at radius 3 is 2.62 bits per heavy atom. The Bertz CT molecular complexity index is 878. The predicted octanol–water partition coefficient (Wildman–Crippen LogP) is 3.50. The van der Waals surface area contributed by atoms with Gasteiger partial charge in [0.25, 0.3) is 0 Å². The molecule has 2 aromatic carbocycles. The number of hydrogen-bond donors (Lipinski definition) is 0. The number of carbonyl (C=O) groups excluding carboxylic acids is 1. The summed E-state index contributed by atoms with van der Waals surface area (Å²) < 4.78 is 1.66. The van der Waals surface area contributed by atoms with Crippen molar-refractivity contribution in [3.63, 3.8) is 0 Å². The van der Waals surface area contributed by atoms with E-state index in [4.69, 9.17) is 0 Å². The maximum Gasteiger partial charge on any atom is 0.237 e. The van der Waals surface area contributed by atoms with Crippen LogP contribution in [0.3, 0.4) is 0 Å². The molecule has 0 N–H and O–H groups in total.